The van der Waals surface area contributed by atoms with Gasteiger partial charge >= 0.3 is 0 Å². The molecule has 0 aromatic heterocycles. The predicted molar refractivity (Wildman–Crippen MR) is 85.1 cm³/mol. The lowest BCUT2D eigenvalue weighted by Gasteiger charge is -2.09. The van der Waals surface area contributed by atoms with Crippen LogP contribution in [0.25, 0.3) is 0 Å². The number of amides is 1. The van der Waals surface area contributed by atoms with Crippen molar-refractivity contribution in [2.24, 2.45) is 0 Å². The van der Waals surface area contributed by atoms with E-state index < -0.39 is 0 Å². The maximum absolute atomic E-state index is 11.8. The fourth-order valence-corrected chi connectivity index (χ4v) is 2.02. The Hall–Kier alpha value is -2.40. The Kier molecular flexibility index (Phi) is 5.49. The number of carbonyl (C=O) groups is 1. The van der Waals surface area contributed by atoms with Crippen molar-refractivity contribution in [1.29, 1.82) is 0 Å². The van der Waals surface area contributed by atoms with Gasteiger partial charge in [-0.3, -0.25) is 4.79 Å². The summed E-state index contributed by atoms with van der Waals surface area (Å²) in [5.41, 5.74) is 0.578. The molecule has 0 unspecified atom stereocenters. The number of anilines is 1. The second-order valence-electron chi connectivity index (χ2n) is 4.36. The summed E-state index contributed by atoms with van der Waals surface area (Å²) in [7, 11) is 3.12. The minimum absolute atomic E-state index is 0.101. The van der Waals surface area contributed by atoms with Crippen molar-refractivity contribution in [1.82, 2.24) is 0 Å². The van der Waals surface area contributed by atoms with Gasteiger partial charge in [0, 0.05) is 5.69 Å². The Morgan fingerprint density at radius 3 is 2.32 bits per heavy atom. The van der Waals surface area contributed by atoms with Gasteiger partial charge in [-0.05, 0) is 42.5 Å². The number of rotatable bonds is 6. The standard InChI is InChI=1S/C16H16ClNO4/c1-20-12-4-6-13(7-5-12)22-10-16(19)18-11-3-8-15(21-2)14(17)9-11/h3-9H,10H2,1-2H3,(H,18,19). The summed E-state index contributed by atoms with van der Waals surface area (Å²) in [5, 5.41) is 3.13. The number of methoxy groups -OCH3 is 2. The largest absolute Gasteiger partial charge is 0.497 e. The van der Waals surface area contributed by atoms with E-state index in [2.05, 4.69) is 5.32 Å². The van der Waals surface area contributed by atoms with E-state index in [1.54, 1.807) is 49.6 Å². The molecule has 0 spiro atoms. The van der Waals surface area contributed by atoms with Gasteiger partial charge in [0.25, 0.3) is 5.91 Å². The Balaban J connectivity index is 1.88. The average Bonchev–Trinajstić information content (AvgIpc) is 2.53. The predicted octanol–water partition coefficient (Wildman–Crippen LogP) is 3.37. The molecule has 0 aliphatic rings. The molecular formula is C16H16ClNO4. The molecule has 0 bridgehead atoms. The summed E-state index contributed by atoms with van der Waals surface area (Å²) in [6.45, 7) is -0.101. The second-order valence-corrected chi connectivity index (χ2v) is 4.77. The zero-order valence-electron chi connectivity index (χ0n) is 12.3. The number of benzene rings is 2. The first-order valence-corrected chi connectivity index (χ1v) is 6.90. The summed E-state index contributed by atoms with van der Waals surface area (Å²) in [5.74, 6) is 1.58. The summed E-state index contributed by atoms with van der Waals surface area (Å²) in [6, 6.07) is 12.0. The van der Waals surface area contributed by atoms with Crippen LogP contribution in [0, 0.1) is 0 Å². The molecule has 5 nitrogen and oxygen atoms in total. The van der Waals surface area contributed by atoms with E-state index >= 15 is 0 Å². The van der Waals surface area contributed by atoms with Crippen LogP contribution in [-0.2, 0) is 4.79 Å². The lowest BCUT2D eigenvalue weighted by molar-refractivity contribution is -0.118. The van der Waals surface area contributed by atoms with Crippen LogP contribution in [0.4, 0.5) is 5.69 Å². The van der Waals surface area contributed by atoms with Gasteiger partial charge < -0.3 is 19.5 Å². The maximum atomic E-state index is 11.8. The Labute approximate surface area is 133 Å². The molecule has 1 N–H and O–H groups in total. The van der Waals surface area contributed by atoms with Crippen molar-refractivity contribution in [3.63, 3.8) is 0 Å². The van der Waals surface area contributed by atoms with Crippen LogP contribution in [0.2, 0.25) is 5.02 Å². The third kappa shape index (κ3) is 4.30. The summed E-state index contributed by atoms with van der Waals surface area (Å²) in [6.07, 6.45) is 0. The minimum atomic E-state index is -0.281. The van der Waals surface area contributed by atoms with Gasteiger partial charge in [0.05, 0.1) is 19.2 Å². The highest BCUT2D eigenvalue weighted by atomic mass is 35.5. The smallest absolute Gasteiger partial charge is 0.262 e. The van der Waals surface area contributed by atoms with E-state index in [0.29, 0.717) is 22.2 Å². The van der Waals surface area contributed by atoms with Gasteiger partial charge in [0.15, 0.2) is 6.61 Å². The van der Waals surface area contributed by atoms with Crippen molar-refractivity contribution < 1.29 is 19.0 Å². The molecule has 0 aliphatic heterocycles. The summed E-state index contributed by atoms with van der Waals surface area (Å²) >= 11 is 6.00. The molecular weight excluding hydrogens is 306 g/mol. The Morgan fingerprint density at radius 2 is 1.73 bits per heavy atom. The van der Waals surface area contributed by atoms with Crippen LogP contribution in [0.5, 0.6) is 17.2 Å². The molecule has 6 heteroatoms. The molecule has 0 radical (unpaired) electrons. The average molecular weight is 322 g/mol. The van der Waals surface area contributed by atoms with Crippen molar-refractivity contribution in [2.45, 2.75) is 0 Å². The van der Waals surface area contributed by atoms with Gasteiger partial charge in [-0.25, -0.2) is 0 Å². The highest BCUT2D eigenvalue weighted by Crippen LogP contribution is 2.27. The van der Waals surface area contributed by atoms with E-state index in [1.807, 2.05) is 0 Å². The van der Waals surface area contributed by atoms with Crippen LogP contribution >= 0.6 is 11.6 Å². The SMILES string of the molecule is COc1ccc(OCC(=O)Nc2ccc(OC)c(Cl)c2)cc1. The van der Waals surface area contributed by atoms with Gasteiger partial charge in [-0.2, -0.15) is 0 Å². The third-order valence-corrected chi connectivity index (χ3v) is 3.16. The number of ether oxygens (including phenoxy) is 3. The van der Waals surface area contributed by atoms with Crippen molar-refractivity contribution >= 4 is 23.2 Å². The van der Waals surface area contributed by atoms with Crippen LogP contribution in [-0.4, -0.2) is 26.7 Å². The van der Waals surface area contributed by atoms with E-state index in [9.17, 15) is 4.79 Å². The summed E-state index contributed by atoms with van der Waals surface area (Å²) in [4.78, 5) is 11.8. The van der Waals surface area contributed by atoms with E-state index in [0.717, 1.165) is 5.75 Å². The topological polar surface area (TPSA) is 56.8 Å². The molecule has 0 atom stereocenters. The fourth-order valence-electron chi connectivity index (χ4n) is 1.76. The second kappa shape index (κ2) is 7.56. The Morgan fingerprint density at radius 1 is 1.05 bits per heavy atom. The molecule has 2 aromatic carbocycles. The minimum Gasteiger partial charge on any atom is -0.497 e. The molecule has 0 fully saturated rings. The van der Waals surface area contributed by atoms with E-state index in [-0.39, 0.29) is 12.5 Å². The number of halogens is 1. The highest BCUT2D eigenvalue weighted by molar-refractivity contribution is 6.32. The molecule has 0 saturated carbocycles. The maximum Gasteiger partial charge on any atom is 0.262 e. The van der Waals surface area contributed by atoms with Crippen molar-refractivity contribution in [3.8, 4) is 17.2 Å². The van der Waals surface area contributed by atoms with E-state index in [4.69, 9.17) is 25.8 Å². The zero-order valence-corrected chi connectivity index (χ0v) is 13.0. The first-order chi connectivity index (χ1) is 10.6. The number of carbonyl (C=O) groups excluding carboxylic acids is 1. The van der Waals surface area contributed by atoms with Crippen LogP contribution in [0.3, 0.4) is 0 Å². The lowest BCUT2D eigenvalue weighted by Crippen LogP contribution is -2.20. The quantitative estimate of drug-likeness (QED) is 0.886. The third-order valence-electron chi connectivity index (χ3n) is 2.86. The van der Waals surface area contributed by atoms with Gasteiger partial charge in [-0.1, -0.05) is 11.6 Å². The van der Waals surface area contributed by atoms with Crippen LogP contribution in [0.1, 0.15) is 0 Å². The van der Waals surface area contributed by atoms with Gasteiger partial charge in [0.2, 0.25) is 0 Å². The first kappa shape index (κ1) is 16.0. The Bertz CT molecular complexity index is 643. The lowest BCUT2D eigenvalue weighted by atomic mass is 10.3. The molecule has 0 heterocycles. The van der Waals surface area contributed by atoms with E-state index in [1.165, 1.54) is 7.11 Å². The molecule has 0 saturated heterocycles. The molecule has 22 heavy (non-hydrogen) atoms. The van der Waals surface area contributed by atoms with Crippen molar-refractivity contribution in [2.75, 3.05) is 26.1 Å². The van der Waals surface area contributed by atoms with Crippen molar-refractivity contribution in [3.05, 3.63) is 47.5 Å². The summed E-state index contributed by atoms with van der Waals surface area (Å²) < 4.78 is 15.5. The van der Waals surface area contributed by atoms with Crippen LogP contribution in [0.15, 0.2) is 42.5 Å². The first-order valence-electron chi connectivity index (χ1n) is 6.52. The zero-order chi connectivity index (χ0) is 15.9. The number of nitrogens with one attached hydrogen (secondary N) is 1. The fraction of sp³-hybridized carbons (Fsp3) is 0.188. The normalized spacial score (nSPS) is 9.95. The molecule has 2 aromatic rings. The highest BCUT2D eigenvalue weighted by Gasteiger charge is 2.06. The van der Waals surface area contributed by atoms with Gasteiger partial charge in [-0.15, -0.1) is 0 Å². The number of hydrogen-bond acceptors (Lipinski definition) is 4. The molecule has 2 rings (SSSR count). The number of hydrogen-bond donors (Lipinski definition) is 1. The monoisotopic (exact) mass is 321 g/mol. The van der Waals surface area contributed by atoms with Gasteiger partial charge in [0.1, 0.15) is 17.2 Å². The molecule has 1 amide bonds. The molecule has 116 valence electrons. The van der Waals surface area contributed by atoms with Crippen LogP contribution < -0.4 is 19.5 Å². The molecule has 0 aliphatic carbocycles.